The number of hydrogen-bond donors (Lipinski definition) is 2. The second-order valence-corrected chi connectivity index (χ2v) is 10.2. The summed E-state index contributed by atoms with van der Waals surface area (Å²) in [6.07, 6.45) is -4.69. The van der Waals surface area contributed by atoms with Crippen molar-refractivity contribution in [3.05, 3.63) is 119 Å². The Hall–Kier alpha value is -5.26. The molecule has 2 atom stereocenters. The first-order valence-corrected chi connectivity index (χ1v) is 13.6. The smallest absolute Gasteiger partial charge is 0.339 e. The van der Waals surface area contributed by atoms with Crippen LogP contribution in [-0.4, -0.2) is 40.1 Å². The van der Waals surface area contributed by atoms with Gasteiger partial charge in [0.1, 0.15) is 17.7 Å². The molecule has 1 aromatic heterocycles. The Bertz CT molecular complexity index is 1750. The molecule has 3 amide bonds. The molecule has 12 heteroatoms. The van der Waals surface area contributed by atoms with E-state index in [0.717, 1.165) is 12.1 Å². The lowest BCUT2D eigenvalue weighted by Gasteiger charge is -2.38. The molecule has 0 saturated heterocycles. The molecule has 5 rings (SSSR count). The molecule has 0 aliphatic carbocycles. The number of carbonyl (C=O) groups is 3. The Balaban J connectivity index is 1.72. The van der Waals surface area contributed by atoms with Crippen LogP contribution in [0.15, 0.2) is 91.0 Å². The van der Waals surface area contributed by atoms with E-state index in [1.807, 2.05) is 0 Å². The van der Waals surface area contributed by atoms with Gasteiger partial charge in [-0.2, -0.15) is 13.2 Å². The second kappa shape index (κ2) is 11.8. The highest BCUT2D eigenvalue weighted by molar-refractivity contribution is 6.08. The number of halogens is 4. The number of nitrogens with one attached hydrogen (secondary N) is 2. The van der Waals surface area contributed by atoms with E-state index in [1.54, 1.807) is 37.3 Å². The molecular weight excluding hydrogens is 578 g/mol. The number of likely N-dealkylation sites (N-methyl/N-ethyl adjacent to an activating group) is 1. The summed E-state index contributed by atoms with van der Waals surface area (Å²) in [7, 11) is 0. The van der Waals surface area contributed by atoms with Gasteiger partial charge in [0, 0.05) is 29.2 Å². The summed E-state index contributed by atoms with van der Waals surface area (Å²) >= 11 is 0. The number of fused-ring (bicyclic) bond motifs is 1. The first-order valence-electron chi connectivity index (χ1n) is 13.6. The van der Waals surface area contributed by atoms with Crippen molar-refractivity contribution in [3.8, 4) is 5.69 Å². The average Bonchev–Trinajstić information content (AvgIpc) is 3.36. The van der Waals surface area contributed by atoms with E-state index >= 15 is 0 Å². The third kappa shape index (κ3) is 5.70. The molecule has 0 spiro atoms. The quantitative estimate of drug-likeness (QED) is 0.204. The van der Waals surface area contributed by atoms with Gasteiger partial charge in [0.25, 0.3) is 17.7 Å². The Morgan fingerprint density at radius 1 is 1.00 bits per heavy atom. The number of alkyl halides is 3. The minimum absolute atomic E-state index is 0.0652. The van der Waals surface area contributed by atoms with Gasteiger partial charge in [-0.3, -0.25) is 19.3 Å². The zero-order chi connectivity index (χ0) is 31.8. The molecule has 4 aromatic rings. The monoisotopic (exact) mass is 605 g/mol. The lowest BCUT2D eigenvalue weighted by atomic mass is 9.81. The summed E-state index contributed by atoms with van der Waals surface area (Å²) in [5, 5.41) is 10.0. The summed E-state index contributed by atoms with van der Waals surface area (Å²) in [4.78, 5) is 41.9. The number of benzene rings is 3. The zero-order valence-electron chi connectivity index (χ0n) is 23.7. The zero-order valence-corrected chi connectivity index (χ0v) is 23.7. The van der Waals surface area contributed by atoms with Crippen LogP contribution < -0.4 is 15.5 Å². The fraction of sp³-hybridized carbons (Fsp3) is 0.188. The lowest BCUT2D eigenvalue weighted by Crippen LogP contribution is -2.55. The first-order chi connectivity index (χ1) is 20.9. The van der Waals surface area contributed by atoms with Crippen molar-refractivity contribution in [2.45, 2.75) is 32.0 Å². The van der Waals surface area contributed by atoms with Crippen molar-refractivity contribution in [2.75, 3.05) is 16.8 Å². The fourth-order valence-corrected chi connectivity index (χ4v) is 5.15. The van der Waals surface area contributed by atoms with Crippen LogP contribution in [0.1, 0.15) is 46.8 Å². The summed E-state index contributed by atoms with van der Waals surface area (Å²) in [6.45, 7) is 7.01. The first kappa shape index (κ1) is 30.2. The van der Waals surface area contributed by atoms with Crippen LogP contribution in [0, 0.1) is 5.82 Å². The number of carbonyl (C=O) groups excluding carboxylic acids is 3. The third-order valence-corrected chi connectivity index (χ3v) is 7.23. The Morgan fingerprint density at radius 3 is 2.30 bits per heavy atom. The van der Waals surface area contributed by atoms with E-state index in [1.165, 1.54) is 46.8 Å². The van der Waals surface area contributed by atoms with Crippen LogP contribution in [0.2, 0.25) is 0 Å². The molecule has 2 heterocycles. The molecule has 1 aliphatic rings. The van der Waals surface area contributed by atoms with E-state index in [0.29, 0.717) is 28.7 Å². The van der Waals surface area contributed by atoms with Gasteiger partial charge >= 0.3 is 6.18 Å². The normalized spacial score (nSPS) is 16.3. The van der Waals surface area contributed by atoms with Crippen molar-refractivity contribution in [2.24, 2.45) is 0 Å². The van der Waals surface area contributed by atoms with E-state index in [-0.39, 0.29) is 23.5 Å². The Kier molecular flexibility index (Phi) is 8.09. The minimum atomic E-state index is -4.69. The fourth-order valence-electron chi connectivity index (χ4n) is 5.15. The van der Waals surface area contributed by atoms with Crippen LogP contribution in [0.25, 0.3) is 5.69 Å². The van der Waals surface area contributed by atoms with Gasteiger partial charge in [0.15, 0.2) is 5.82 Å². The van der Waals surface area contributed by atoms with Gasteiger partial charge in [-0.25, -0.2) is 9.07 Å². The summed E-state index contributed by atoms with van der Waals surface area (Å²) in [5.74, 6) is -3.27. The number of nitrogens with zero attached hydrogens (tertiary/aromatic N) is 3. The SMILES string of the molecule is C=C(C)C(=O)Nc1nn(-c2ccccc2)c2c1C(c1ccc(F)cc1)C(NC(=O)c1cccc(C(F)(F)F)c1)C(=O)N2CC. The molecule has 2 N–H and O–H groups in total. The predicted molar refractivity (Wildman–Crippen MR) is 156 cm³/mol. The third-order valence-electron chi connectivity index (χ3n) is 7.23. The topological polar surface area (TPSA) is 96.3 Å². The molecule has 3 aromatic carbocycles. The molecule has 0 fully saturated rings. The van der Waals surface area contributed by atoms with Gasteiger partial charge in [-0.15, -0.1) is 5.10 Å². The van der Waals surface area contributed by atoms with E-state index < -0.39 is 47.2 Å². The molecule has 226 valence electrons. The van der Waals surface area contributed by atoms with Crippen LogP contribution in [0.4, 0.5) is 29.2 Å². The number of amides is 3. The van der Waals surface area contributed by atoms with Crippen LogP contribution in [-0.2, 0) is 15.8 Å². The van der Waals surface area contributed by atoms with Gasteiger partial charge in [0.2, 0.25) is 0 Å². The van der Waals surface area contributed by atoms with Crippen LogP contribution in [0.3, 0.4) is 0 Å². The number of hydrogen-bond acceptors (Lipinski definition) is 4. The molecule has 2 unspecified atom stereocenters. The highest BCUT2D eigenvalue weighted by atomic mass is 19.4. The van der Waals surface area contributed by atoms with Crippen molar-refractivity contribution in [1.29, 1.82) is 0 Å². The highest BCUT2D eigenvalue weighted by Gasteiger charge is 2.46. The Labute approximate surface area is 250 Å². The standard InChI is InChI=1S/C32H27F4N5O3/c1-4-40-30-25(27(38-28(42)18(2)3)39-41(30)23-11-6-5-7-12-23)24(19-13-15-22(33)16-14-19)26(31(40)44)37-29(43)20-9-8-10-21(17-20)32(34,35)36/h5-17,24,26H,2,4H2,1,3H3,(H,37,43)(H,38,39,42). The molecule has 0 radical (unpaired) electrons. The number of rotatable bonds is 7. The molecule has 0 saturated carbocycles. The predicted octanol–water partition coefficient (Wildman–Crippen LogP) is 5.84. The van der Waals surface area contributed by atoms with Gasteiger partial charge in [0.05, 0.1) is 11.3 Å². The van der Waals surface area contributed by atoms with Crippen molar-refractivity contribution < 1.29 is 31.9 Å². The highest BCUT2D eigenvalue weighted by Crippen LogP contribution is 2.45. The van der Waals surface area contributed by atoms with Crippen molar-refractivity contribution in [3.63, 3.8) is 0 Å². The molecule has 0 bridgehead atoms. The van der Waals surface area contributed by atoms with Crippen LogP contribution >= 0.6 is 0 Å². The molecule has 1 aliphatic heterocycles. The summed E-state index contributed by atoms with van der Waals surface area (Å²) in [5.41, 5.74) is 0.141. The number of anilines is 2. The Morgan fingerprint density at radius 2 is 1.68 bits per heavy atom. The van der Waals surface area contributed by atoms with Gasteiger partial charge in [-0.1, -0.05) is 43.0 Å². The average molecular weight is 606 g/mol. The molecular formula is C32H27F4N5O3. The van der Waals surface area contributed by atoms with Crippen molar-refractivity contribution in [1.82, 2.24) is 15.1 Å². The van der Waals surface area contributed by atoms with E-state index in [9.17, 15) is 31.9 Å². The maximum absolute atomic E-state index is 14.2. The number of aromatic nitrogens is 2. The van der Waals surface area contributed by atoms with Crippen LogP contribution in [0.5, 0.6) is 0 Å². The second-order valence-electron chi connectivity index (χ2n) is 10.2. The largest absolute Gasteiger partial charge is 0.416 e. The van der Waals surface area contributed by atoms with Crippen molar-refractivity contribution >= 4 is 29.4 Å². The van der Waals surface area contributed by atoms with Gasteiger partial charge in [-0.05, 0) is 61.9 Å². The lowest BCUT2D eigenvalue weighted by molar-refractivity contribution is -0.137. The maximum atomic E-state index is 14.2. The molecule has 8 nitrogen and oxygen atoms in total. The van der Waals surface area contributed by atoms with E-state index in [4.69, 9.17) is 0 Å². The number of para-hydroxylation sites is 1. The summed E-state index contributed by atoms with van der Waals surface area (Å²) < 4.78 is 55.8. The summed E-state index contributed by atoms with van der Waals surface area (Å²) in [6, 6.07) is 16.6. The minimum Gasteiger partial charge on any atom is -0.339 e. The maximum Gasteiger partial charge on any atom is 0.416 e. The molecule has 44 heavy (non-hydrogen) atoms. The van der Waals surface area contributed by atoms with E-state index in [2.05, 4.69) is 22.3 Å². The van der Waals surface area contributed by atoms with Gasteiger partial charge < -0.3 is 10.6 Å².